The number of aromatic nitrogens is 4. The normalized spacial score (nSPS) is 21.0. The molecule has 1 aliphatic heterocycles. The van der Waals surface area contributed by atoms with Gasteiger partial charge in [0, 0.05) is 24.0 Å². The molecule has 2 aromatic heterocycles. The summed E-state index contributed by atoms with van der Waals surface area (Å²) in [4.78, 5) is 33.0. The van der Waals surface area contributed by atoms with Crippen molar-refractivity contribution >= 4 is 10.8 Å². The topological polar surface area (TPSA) is 86.8 Å². The first-order valence-corrected chi connectivity index (χ1v) is 11.7. The van der Waals surface area contributed by atoms with Crippen molar-refractivity contribution in [2.24, 2.45) is 5.92 Å². The molecule has 5 rings (SSSR count). The van der Waals surface area contributed by atoms with Gasteiger partial charge in [0.1, 0.15) is 5.82 Å². The van der Waals surface area contributed by atoms with E-state index in [1.54, 1.807) is 12.3 Å². The Balaban J connectivity index is 1.31. The molecule has 0 bridgehead atoms. The first-order valence-electron chi connectivity index (χ1n) is 11.7. The second-order valence-corrected chi connectivity index (χ2v) is 9.24. The number of rotatable bonds is 5. The third-order valence-electron chi connectivity index (χ3n) is 7.11. The van der Waals surface area contributed by atoms with Gasteiger partial charge in [0.05, 0.1) is 5.69 Å². The van der Waals surface area contributed by atoms with Gasteiger partial charge < -0.3 is 9.88 Å². The second-order valence-electron chi connectivity index (χ2n) is 9.24. The Hall–Kier alpha value is -2.67. The lowest BCUT2D eigenvalue weighted by Gasteiger charge is -2.33. The van der Waals surface area contributed by atoms with Crippen LogP contribution in [0.5, 0.6) is 0 Å². The van der Waals surface area contributed by atoms with E-state index in [0.717, 1.165) is 49.6 Å². The van der Waals surface area contributed by atoms with E-state index in [-0.39, 0.29) is 17.2 Å². The molecule has 3 heterocycles. The highest BCUT2D eigenvalue weighted by Crippen LogP contribution is 2.29. The van der Waals surface area contributed by atoms with Crippen LogP contribution in [0, 0.1) is 5.92 Å². The number of fused-ring (bicyclic) bond motifs is 1. The molecular formula is C24H31N5O2. The van der Waals surface area contributed by atoms with Gasteiger partial charge in [-0.1, -0.05) is 38.2 Å². The second kappa shape index (κ2) is 8.83. The molecule has 1 aliphatic carbocycles. The van der Waals surface area contributed by atoms with Gasteiger partial charge in [-0.25, -0.2) is 4.79 Å². The lowest BCUT2D eigenvalue weighted by atomic mass is 9.86. The number of H-pyrrole nitrogens is 2. The maximum Gasteiger partial charge on any atom is 0.348 e. The zero-order valence-electron chi connectivity index (χ0n) is 18.0. The zero-order valence-corrected chi connectivity index (χ0v) is 18.0. The molecule has 2 N–H and O–H groups in total. The van der Waals surface area contributed by atoms with Crippen molar-refractivity contribution in [1.29, 1.82) is 0 Å². The number of piperidine rings is 1. The molecule has 2 fully saturated rings. The van der Waals surface area contributed by atoms with Crippen molar-refractivity contribution in [3.05, 3.63) is 57.1 Å². The predicted octanol–water partition coefficient (Wildman–Crippen LogP) is 3.55. The third-order valence-corrected chi connectivity index (χ3v) is 7.11. The fraction of sp³-hybridized carbons (Fsp3) is 0.542. The minimum absolute atomic E-state index is 0.163. The molecule has 0 radical (unpaired) electrons. The van der Waals surface area contributed by atoms with Crippen LogP contribution in [0.15, 0.2) is 40.1 Å². The Bertz CT molecular complexity index is 1150. The molecule has 164 valence electrons. The molecule has 1 saturated carbocycles. The number of pyridine rings is 1. The number of nitrogens with one attached hydrogen (secondary N) is 2. The van der Waals surface area contributed by atoms with Crippen molar-refractivity contribution in [2.75, 3.05) is 19.6 Å². The largest absolute Gasteiger partial charge is 0.348 e. The van der Waals surface area contributed by atoms with Crippen LogP contribution in [0.1, 0.15) is 63.1 Å². The van der Waals surface area contributed by atoms with Crippen LogP contribution in [0.2, 0.25) is 0 Å². The lowest BCUT2D eigenvalue weighted by molar-refractivity contribution is 0.182. The van der Waals surface area contributed by atoms with Gasteiger partial charge in [-0.05, 0) is 61.9 Å². The Morgan fingerprint density at radius 2 is 1.90 bits per heavy atom. The Morgan fingerprint density at radius 1 is 1.03 bits per heavy atom. The van der Waals surface area contributed by atoms with E-state index in [0.29, 0.717) is 11.1 Å². The summed E-state index contributed by atoms with van der Waals surface area (Å²) in [5, 5.41) is 6.04. The van der Waals surface area contributed by atoms with Crippen molar-refractivity contribution < 1.29 is 0 Å². The molecule has 1 aromatic carbocycles. The van der Waals surface area contributed by atoms with Crippen LogP contribution in [0.3, 0.4) is 0 Å². The number of hydrogen-bond donors (Lipinski definition) is 2. The van der Waals surface area contributed by atoms with Gasteiger partial charge in [0.25, 0.3) is 5.56 Å². The van der Waals surface area contributed by atoms with Crippen molar-refractivity contribution in [3.8, 4) is 5.69 Å². The Labute approximate surface area is 181 Å². The molecule has 0 amide bonds. The molecule has 7 heteroatoms. The van der Waals surface area contributed by atoms with Crippen molar-refractivity contribution in [3.63, 3.8) is 0 Å². The van der Waals surface area contributed by atoms with Crippen LogP contribution in [-0.4, -0.2) is 44.3 Å². The highest BCUT2D eigenvalue weighted by atomic mass is 16.2. The highest BCUT2D eigenvalue weighted by Gasteiger charge is 2.25. The summed E-state index contributed by atoms with van der Waals surface area (Å²) in [6.45, 7) is 3.25. The van der Waals surface area contributed by atoms with Gasteiger partial charge in [-0.2, -0.15) is 4.68 Å². The molecule has 2 aliphatic rings. The maximum atomic E-state index is 12.7. The van der Waals surface area contributed by atoms with E-state index in [2.05, 4.69) is 20.0 Å². The van der Waals surface area contributed by atoms with Crippen molar-refractivity contribution in [1.82, 2.24) is 24.6 Å². The summed E-state index contributed by atoms with van der Waals surface area (Å²) in [5.74, 6) is 1.90. The Morgan fingerprint density at radius 3 is 2.77 bits per heavy atom. The molecule has 1 unspecified atom stereocenters. The molecule has 0 spiro atoms. The number of hydrogen-bond acceptors (Lipinski definition) is 4. The average Bonchev–Trinajstić information content (AvgIpc) is 3.20. The van der Waals surface area contributed by atoms with E-state index >= 15 is 0 Å². The van der Waals surface area contributed by atoms with Crippen LogP contribution >= 0.6 is 0 Å². The summed E-state index contributed by atoms with van der Waals surface area (Å²) in [6.07, 6.45) is 12.1. The van der Waals surface area contributed by atoms with Crippen molar-refractivity contribution in [2.45, 2.75) is 57.3 Å². The van der Waals surface area contributed by atoms with E-state index in [1.807, 2.05) is 18.2 Å². The number of likely N-dealkylation sites (tertiary alicyclic amines) is 1. The zero-order chi connectivity index (χ0) is 21.2. The summed E-state index contributed by atoms with van der Waals surface area (Å²) < 4.78 is 1.39. The van der Waals surface area contributed by atoms with Crippen LogP contribution < -0.4 is 11.2 Å². The quantitative estimate of drug-likeness (QED) is 0.660. The van der Waals surface area contributed by atoms with E-state index < -0.39 is 0 Å². The third kappa shape index (κ3) is 4.37. The molecule has 7 nitrogen and oxygen atoms in total. The average molecular weight is 422 g/mol. The SMILES string of the molecule is O=c1[nH]ccc2ccc(-n3nc(C4CCCN(CCC5CCCCC5)C4)[nH]c3=O)cc12. The molecule has 31 heavy (non-hydrogen) atoms. The number of nitrogens with zero attached hydrogens (tertiary/aromatic N) is 3. The summed E-state index contributed by atoms with van der Waals surface area (Å²) in [5.41, 5.74) is 0.201. The molecule has 3 aromatic rings. The Kier molecular flexibility index (Phi) is 5.76. The fourth-order valence-corrected chi connectivity index (χ4v) is 5.33. The molecule has 1 atom stereocenters. The maximum absolute atomic E-state index is 12.7. The fourth-order valence-electron chi connectivity index (χ4n) is 5.33. The summed E-state index contributed by atoms with van der Waals surface area (Å²) in [7, 11) is 0. The van der Waals surface area contributed by atoms with Gasteiger partial charge in [-0.3, -0.25) is 9.78 Å². The lowest BCUT2D eigenvalue weighted by Crippen LogP contribution is -2.36. The van der Waals surface area contributed by atoms with Crippen LogP contribution in [0.25, 0.3) is 16.5 Å². The van der Waals surface area contributed by atoms with Gasteiger partial charge in [-0.15, -0.1) is 5.10 Å². The number of aromatic amines is 2. The molecular weight excluding hydrogens is 390 g/mol. The predicted molar refractivity (Wildman–Crippen MR) is 122 cm³/mol. The van der Waals surface area contributed by atoms with Gasteiger partial charge >= 0.3 is 5.69 Å². The summed E-state index contributed by atoms with van der Waals surface area (Å²) >= 11 is 0. The van der Waals surface area contributed by atoms with Gasteiger partial charge in [0.15, 0.2) is 0 Å². The first-order chi connectivity index (χ1) is 15.2. The van der Waals surface area contributed by atoms with Crippen LogP contribution in [-0.2, 0) is 0 Å². The smallest absolute Gasteiger partial charge is 0.329 e. The van der Waals surface area contributed by atoms with Gasteiger partial charge in [0.2, 0.25) is 0 Å². The monoisotopic (exact) mass is 421 g/mol. The van der Waals surface area contributed by atoms with E-state index in [4.69, 9.17) is 0 Å². The number of benzene rings is 1. The van der Waals surface area contributed by atoms with E-state index in [9.17, 15) is 9.59 Å². The highest BCUT2D eigenvalue weighted by molar-refractivity contribution is 5.83. The van der Waals surface area contributed by atoms with E-state index in [1.165, 1.54) is 43.2 Å². The standard InChI is InChI=1S/C24H31N5O2/c30-23-21-15-20(9-8-18(21)10-12-25-23)29-24(31)26-22(27-29)19-7-4-13-28(16-19)14-11-17-5-2-1-3-6-17/h8-10,12,15,17,19H,1-7,11,13-14,16H2,(H,25,30)(H,26,27,31). The molecule has 1 saturated heterocycles. The summed E-state index contributed by atoms with van der Waals surface area (Å²) in [6, 6.07) is 7.28. The minimum Gasteiger partial charge on any atom is -0.329 e. The first kappa shape index (κ1) is 20.2. The minimum atomic E-state index is -0.249. The van der Waals surface area contributed by atoms with Crippen LogP contribution in [0.4, 0.5) is 0 Å².